The molecule has 0 radical (unpaired) electrons. The molecule has 0 heterocycles. The largest absolute Gasteiger partial charge is 0.493 e. The number of carbonyl (C=O) groups is 4. The molecule has 0 bridgehead atoms. The van der Waals surface area contributed by atoms with Crippen LogP contribution in [0.4, 0.5) is 0 Å². The molecule has 10 nitrogen and oxygen atoms in total. The molecule has 0 saturated heterocycles. The van der Waals surface area contributed by atoms with Crippen molar-refractivity contribution in [2.45, 2.75) is 51.0 Å². The van der Waals surface area contributed by atoms with Crippen LogP contribution in [0.5, 0.6) is 17.2 Å². The van der Waals surface area contributed by atoms with Crippen molar-refractivity contribution in [3.8, 4) is 17.2 Å². The van der Waals surface area contributed by atoms with Gasteiger partial charge < -0.3 is 28.4 Å². The van der Waals surface area contributed by atoms with Crippen LogP contribution in [0.1, 0.15) is 55.3 Å². The summed E-state index contributed by atoms with van der Waals surface area (Å²) in [7, 11) is 0. The molecule has 3 rings (SSSR count). The molecule has 1 aliphatic rings. The highest BCUT2D eigenvalue weighted by Crippen LogP contribution is 2.22. The average Bonchev–Trinajstić information content (AvgIpc) is 3.00. The summed E-state index contributed by atoms with van der Waals surface area (Å²) < 4.78 is 31.9. The van der Waals surface area contributed by atoms with Gasteiger partial charge in [0.05, 0.1) is 25.2 Å². The number of hydrogen-bond donors (Lipinski definition) is 0. The second-order valence-corrected chi connectivity index (χ2v) is 9.47. The molecule has 1 aliphatic carbocycles. The summed E-state index contributed by atoms with van der Waals surface area (Å²) in [6.45, 7) is 7.59. The van der Waals surface area contributed by atoms with Gasteiger partial charge in [-0.25, -0.2) is 14.4 Å². The minimum absolute atomic E-state index is 0.0622. The Morgan fingerprint density at radius 1 is 0.762 bits per heavy atom. The third kappa shape index (κ3) is 11.5. The summed E-state index contributed by atoms with van der Waals surface area (Å²) in [4.78, 5) is 47.6. The van der Waals surface area contributed by atoms with Crippen LogP contribution >= 0.6 is 0 Å². The van der Waals surface area contributed by atoms with Crippen LogP contribution in [0.2, 0.25) is 0 Å². The Bertz CT molecular complexity index is 1210. The van der Waals surface area contributed by atoms with Gasteiger partial charge in [-0.15, -0.1) is 0 Å². The fourth-order valence-electron chi connectivity index (χ4n) is 3.99. The van der Waals surface area contributed by atoms with Crippen LogP contribution in [0.25, 0.3) is 0 Å². The SMILES string of the molecule is C=CC(=O)OCCOc1ccc(OC(=O)c2ccc(OCCCOC(=O)C(=C)CC(=O)OC3CCCCC3)cc2)cc1. The molecule has 0 spiro atoms. The van der Waals surface area contributed by atoms with E-state index in [-0.39, 0.29) is 44.5 Å². The van der Waals surface area contributed by atoms with E-state index in [1.165, 1.54) is 0 Å². The predicted octanol–water partition coefficient (Wildman–Crippen LogP) is 5.15. The van der Waals surface area contributed by atoms with Gasteiger partial charge in [0.1, 0.15) is 36.6 Å². The van der Waals surface area contributed by atoms with Crippen molar-refractivity contribution in [1.29, 1.82) is 0 Å². The fourth-order valence-corrected chi connectivity index (χ4v) is 3.99. The molecule has 0 aromatic heterocycles. The van der Waals surface area contributed by atoms with E-state index in [1.807, 2.05) is 0 Å². The Morgan fingerprint density at radius 2 is 1.38 bits per heavy atom. The lowest BCUT2D eigenvalue weighted by Gasteiger charge is -2.21. The molecular formula is C32H36O10. The van der Waals surface area contributed by atoms with Gasteiger partial charge in [0, 0.05) is 18.1 Å². The Hall–Kier alpha value is -4.60. The molecule has 0 N–H and O–H groups in total. The Kier molecular flexibility index (Phi) is 13.1. The van der Waals surface area contributed by atoms with Crippen LogP contribution in [0, 0.1) is 0 Å². The van der Waals surface area contributed by atoms with Gasteiger partial charge in [-0.1, -0.05) is 19.6 Å². The fraction of sp³-hybridized carbons (Fsp3) is 0.375. The third-order valence-electron chi connectivity index (χ3n) is 6.17. The van der Waals surface area contributed by atoms with Crippen LogP contribution < -0.4 is 14.2 Å². The maximum atomic E-state index is 12.5. The van der Waals surface area contributed by atoms with E-state index >= 15 is 0 Å². The number of esters is 4. The van der Waals surface area contributed by atoms with Gasteiger partial charge in [0.15, 0.2) is 0 Å². The molecule has 0 atom stereocenters. The minimum atomic E-state index is -0.632. The van der Waals surface area contributed by atoms with Crippen LogP contribution in [-0.2, 0) is 28.6 Å². The molecule has 0 unspecified atom stereocenters. The Labute approximate surface area is 245 Å². The van der Waals surface area contributed by atoms with Crippen molar-refractivity contribution in [2.24, 2.45) is 0 Å². The zero-order valence-corrected chi connectivity index (χ0v) is 23.5. The highest BCUT2D eigenvalue weighted by molar-refractivity contribution is 5.93. The molecule has 1 saturated carbocycles. The number of carbonyl (C=O) groups excluding carboxylic acids is 4. The van der Waals surface area contributed by atoms with Crippen molar-refractivity contribution in [2.75, 3.05) is 26.4 Å². The normalized spacial score (nSPS) is 12.9. The number of rotatable bonds is 16. The minimum Gasteiger partial charge on any atom is -0.493 e. The summed E-state index contributed by atoms with van der Waals surface area (Å²) in [6.07, 6.45) is 6.23. The molecule has 1 fully saturated rings. The summed E-state index contributed by atoms with van der Waals surface area (Å²) >= 11 is 0. The van der Waals surface area contributed by atoms with Crippen LogP contribution in [-0.4, -0.2) is 56.4 Å². The Balaban J connectivity index is 1.29. The molecule has 224 valence electrons. The zero-order valence-electron chi connectivity index (χ0n) is 23.5. The molecule has 0 amide bonds. The molecule has 2 aromatic carbocycles. The van der Waals surface area contributed by atoms with Crippen molar-refractivity contribution >= 4 is 23.9 Å². The van der Waals surface area contributed by atoms with Gasteiger partial charge >= 0.3 is 23.9 Å². The lowest BCUT2D eigenvalue weighted by atomic mass is 9.98. The van der Waals surface area contributed by atoms with Crippen molar-refractivity contribution in [3.63, 3.8) is 0 Å². The predicted molar refractivity (Wildman–Crippen MR) is 152 cm³/mol. The zero-order chi connectivity index (χ0) is 30.2. The van der Waals surface area contributed by atoms with Gasteiger partial charge in [0.25, 0.3) is 0 Å². The molecule has 0 aliphatic heterocycles. The quantitative estimate of drug-likeness (QED) is 0.0866. The molecule has 10 heteroatoms. The van der Waals surface area contributed by atoms with Crippen LogP contribution in [0.3, 0.4) is 0 Å². The highest BCUT2D eigenvalue weighted by Gasteiger charge is 2.20. The third-order valence-corrected chi connectivity index (χ3v) is 6.17. The lowest BCUT2D eigenvalue weighted by Crippen LogP contribution is -2.22. The molecule has 42 heavy (non-hydrogen) atoms. The van der Waals surface area contributed by atoms with E-state index in [9.17, 15) is 19.2 Å². The maximum absolute atomic E-state index is 12.5. The van der Waals surface area contributed by atoms with E-state index < -0.39 is 23.9 Å². The average molecular weight is 581 g/mol. The van der Waals surface area contributed by atoms with Crippen molar-refractivity contribution in [3.05, 3.63) is 78.9 Å². The monoisotopic (exact) mass is 580 g/mol. The van der Waals surface area contributed by atoms with E-state index in [0.29, 0.717) is 29.2 Å². The van der Waals surface area contributed by atoms with Crippen molar-refractivity contribution < 1.29 is 47.6 Å². The van der Waals surface area contributed by atoms with Crippen LogP contribution in [0.15, 0.2) is 73.3 Å². The first-order chi connectivity index (χ1) is 20.3. The number of hydrogen-bond acceptors (Lipinski definition) is 10. The van der Waals surface area contributed by atoms with Gasteiger partial charge in [-0.2, -0.15) is 0 Å². The van der Waals surface area contributed by atoms with E-state index in [4.69, 9.17) is 28.4 Å². The smallest absolute Gasteiger partial charge is 0.343 e. The number of benzene rings is 2. The highest BCUT2D eigenvalue weighted by atomic mass is 16.6. The topological polar surface area (TPSA) is 124 Å². The first-order valence-corrected chi connectivity index (χ1v) is 13.9. The lowest BCUT2D eigenvalue weighted by molar-refractivity contribution is -0.151. The summed E-state index contributed by atoms with van der Waals surface area (Å²) in [6, 6.07) is 12.9. The second-order valence-electron chi connectivity index (χ2n) is 9.47. The van der Waals surface area contributed by atoms with Crippen molar-refractivity contribution in [1.82, 2.24) is 0 Å². The molecular weight excluding hydrogens is 544 g/mol. The van der Waals surface area contributed by atoms with Gasteiger partial charge in [0.2, 0.25) is 0 Å². The summed E-state index contributed by atoms with van der Waals surface area (Å²) in [5.41, 5.74) is 0.397. The summed E-state index contributed by atoms with van der Waals surface area (Å²) in [5.74, 6) is -0.748. The van der Waals surface area contributed by atoms with E-state index in [0.717, 1.165) is 38.2 Å². The number of ether oxygens (including phenoxy) is 6. The van der Waals surface area contributed by atoms with E-state index in [2.05, 4.69) is 13.2 Å². The maximum Gasteiger partial charge on any atom is 0.343 e. The standard InChI is InChI=1S/C32H36O10/c1-3-29(33)39-21-20-38-26-14-16-28(17-15-26)42-32(36)24-10-12-25(13-11-24)37-18-7-19-40-31(35)23(2)22-30(34)41-27-8-5-4-6-9-27/h3,10-17,27H,1-2,4-9,18-22H2. The first-order valence-electron chi connectivity index (χ1n) is 13.9. The summed E-state index contributed by atoms with van der Waals surface area (Å²) in [5, 5.41) is 0. The Morgan fingerprint density at radius 3 is 2.05 bits per heavy atom. The second kappa shape index (κ2) is 17.3. The van der Waals surface area contributed by atoms with Gasteiger partial charge in [-0.3, -0.25) is 4.79 Å². The first kappa shape index (κ1) is 31.9. The molecule has 2 aromatic rings. The van der Waals surface area contributed by atoms with E-state index in [1.54, 1.807) is 48.5 Å². The van der Waals surface area contributed by atoms with Gasteiger partial charge in [-0.05, 0) is 74.2 Å².